The van der Waals surface area contributed by atoms with Gasteiger partial charge < -0.3 is 14.0 Å². The molecule has 0 saturated carbocycles. The van der Waals surface area contributed by atoms with E-state index in [9.17, 15) is 4.79 Å². The third-order valence-corrected chi connectivity index (χ3v) is 6.42. The summed E-state index contributed by atoms with van der Waals surface area (Å²) in [4.78, 5) is 21.4. The van der Waals surface area contributed by atoms with Gasteiger partial charge in [-0.2, -0.15) is 0 Å². The molecule has 4 rings (SSSR count). The molecule has 0 aliphatic heterocycles. The first-order valence-corrected chi connectivity index (χ1v) is 10.8. The van der Waals surface area contributed by atoms with E-state index in [2.05, 4.69) is 28.3 Å². The molecule has 0 N–H and O–H groups in total. The molecule has 0 spiro atoms. The number of methoxy groups -OCH3 is 2. The second-order valence-electron chi connectivity index (χ2n) is 6.89. The van der Waals surface area contributed by atoms with E-state index in [0.717, 1.165) is 38.6 Å². The van der Waals surface area contributed by atoms with Gasteiger partial charge in [0.2, 0.25) is 0 Å². The van der Waals surface area contributed by atoms with Crippen LogP contribution in [0.4, 0.5) is 0 Å². The third kappa shape index (κ3) is 4.14. The minimum absolute atomic E-state index is 0.255. The third-order valence-electron chi connectivity index (χ3n) is 5.07. The summed E-state index contributed by atoms with van der Waals surface area (Å²) < 4.78 is 12.3. The smallest absolute Gasteiger partial charge is 0.319 e. The van der Waals surface area contributed by atoms with Gasteiger partial charge in [0.25, 0.3) is 0 Å². The van der Waals surface area contributed by atoms with E-state index in [1.54, 1.807) is 13.4 Å². The van der Waals surface area contributed by atoms with Crippen molar-refractivity contribution in [3.63, 3.8) is 0 Å². The molecule has 0 bridgehead atoms. The van der Waals surface area contributed by atoms with E-state index < -0.39 is 0 Å². The van der Waals surface area contributed by atoms with Crippen LogP contribution in [-0.4, -0.2) is 40.0 Å². The summed E-state index contributed by atoms with van der Waals surface area (Å²) in [7, 11) is 3.06. The van der Waals surface area contributed by atoms with E-state index in [1.807, 2.05) is 54.0 Å². The van der Waals surface area contributed by atoms with Crippen molar-refractivity contribution >= 4 is 28.8 Å². The lowest BCUT2D eigenvalue weighted by molar-refractivity contribution is -0.140. The zero-order chi connectivity index (χ0) is 21.8. The number of nitrogens with zero attached hydrogens (tertiary/aromatic N) is 3. The predicted octanol–water partition coefficient (Wildman–Crippen LogP) is 5.14. The summed E-state index contributed by atoms with van der Waals surface area (Å²) in [5.41, 5.74) is 3.81. The van der Waals surface area contributed by atoms with Gasteiger partial charge in [-0.05, 0) is 36.2 Å². The van der Waals surface area contributed by atoms with Crippen molar-refractivity contribution < 1.29 is 14.3 Å². The molecule has 31 heavy (non-hydrogen) atoms. The van der Waals surface area contributed by atoms with E-state index in [0.29, 0.717) is 6.42 Å². The first-order valence-electron chi connectivity index (χ1n) is 9.96. The zero-order valence-corrected chi connectivity index (χ0v) is 18.4. The van der Waals surface area contributed by atoms with Crippen molar-refractivity contribution in [3.8, 4) is 22.6 Å². The maximum Gasteiger partial charge on any atom is 0.319 e. The average Bonchev–Trinajstić information content (AvgIpc) is 3.23. The highest BCUT2D eigenvalue weighted by atomic mass is 32.2. The van der Waals surface area contributed by atoms with Gasteiger partial charge in [-0.15, -0.1) is 0 Å². The standard InChI is InChI=1S/C24H23N3O3S/c1-4-20(24(28)30-3)31-23-21-19(16-8-6-5-7-9-16)14-27(22(21)25-15-26-23)17-10-12-18(29-2)13-11-17/h5-15,20H,4H2,1-3H3/t20-/m1/s1. The molecule has 0 unspecified atom stereocenters. The van der Waals surface area contributed by atoms with Crippen molar-refractivity contribution in [1.82, 2.24) is 14.5 Å². The van der Waals surface area contributed by atoms with Crippen LogP contribution in [-0.2, 0) is 9.53 Å². The van der Waals surface area contributed by atoms with E-state index >= 15 is 0 Å². The zero-order valence-electron chi connectivity index (χ0n) is 17.6. The van der Waals surface area contributed by atoms with Gasteiger partial charge in [0.1, 0.15) is 28.0 Å². The van der Waals surface area contributed by atoms with Crippen molar-refractivity contribution in [2.24, 2.45) is 0 Å². The highest BCUT2D eigenvalue weighted by Crippen LogP contribution is 2.38. The molecule has 0 fully saturated rings. The topological polar surface area (TPSA) is 66.2 Å². The Morgan fingerprint density at radius 3 is 2.45 bits per heavy atom. The van der Waals surface area contributed by atoms with Crippen molar-refractivity contribution in [2.75, 3.05) is 14.2 Å². The molecule has 0 saturated heterocycles. The van der Waals surface area contributed by atoms with Crippen LogP contribution < -0.4 is 4.74 Å². The number of thioether (sulfide) groups is 1. The molecule has 0 aliphatic rings. The van der Waals surface area contributed by atoms with Gasteiger partial charge in [-0.1, -0.05) is 49.0 Å². The van der Waals surface area contributed by atoms with Gasteiger partial charge in [0, 0.05) is 17.4 Å². The first-order chi connectivity index (χ1) is 15.2. The lowest BCUT2D eigenvalue weighted by Crippen LogP contribution is -2.17. The lowest BCUT2D eigenvalue weighted by Gasteiger charge is -2.12. The number of rotatable bonds is 7. The van der Waals surface area contributed by atoms with Crippen molar-refractivity contribution in [1.29, 1.82) is 0 Å². The Bertz CT molecular complexity index is 1190. The molecule has 0 aliphatic carbocycles. The van der Waals surface area contributed by atoms with Crippen LogP contribution in [0.3, 0.4) is 0 Å². The highest BCUT2D eigenvalue weighted by Gasteiger charge is 2.24. The van der Waals surface area contributed by atoms with Crippen LogP contribution in [0, 0.1) is 0 Å². The molecule has 6 nitrogen and oxygen atoms in total. The van der Waals surface area contributed by atoms with Crippen LogP contribution in [0.25, 0.3) is 27.8 Å². The number of esters is 1. The van der Waals surface area contributed by atoms with Gasteiger partial charge in [0.05, 0.1) is 19.6 Å². The van der Waals surface area contributed by atoms with Crippen LogP contribution in [0.2, 0.25) is 0 Å². The SMILES string of the molecule is CC[C@@H](Sc1ncnc2c1c(-c1ccccc1)cn2-c1ccc(OC)cc1)C(=O)OC. The quantitative estimate of drug-likeness (QED) is 0.228. The Hall–Kier alpha value is -3.32. The first kappa shape index (κ1) is 20.9. The summed E-state index contributed by atoms with van der Waals surface area (Å²) in [6, 6.07) is 17.9. The summed E-state index contributed by atoms with van der Waals surface area (Å²) in [6.45, 7) is 1.97. The van der Waals surface area contributed by atoms with E-state index in [4.69, 9.17) is 9.47 Å². The molecule has 2 aromatic heterocycles. The number of benzene rings is 2. The molecule has 158 valence electrons. The fourth-order valence-corrected chi connectivity index (χ4v) is 4.52. The number of carbonyl (C=O) groups is 1. The van der Waals surface area contributed by atoms with Gasteiger partial charge in [-0.3, -0.25) is 4.79 Å². The van der Waals surface area contributed by atoms with Gasteiger partial charge in [-0.25, -0.2) is 9.97 Å². The molecular weight excluding hydrogens is 410 g/mol. The Balaban J connectivity index is 1.92. The average molecular weight is 434 g/mol. The number of carbonyl (C=O) groups excluding carboxylic acids is 1. The van der Waals surface area contributed by atoms with E-state index in [-0.39, 0.29) is 11.2 Å². The summed E-state index contributed by atoms with van der Waals surface area (Å²) in [5.74, 6) is 0.536. The summed E-state index contributed by atoms with van der Waals surface area (Å²) in [5, 5.41) is 1.33. The molecule has 7 heteroatoms. The van der Waals surface area contributed by atoms with Crippen molar-refractivity contribution in [2.45, 2.75) is 23.6 Å². The molecule has 0 amide bonds. The molecule has 0 radical (unpaired) electrons. The molecule has 4 aromatic rings. The molecule has 1 atom stereocenters. The monoisotopic (exact) mass is 433 g/mol. The molecule has 2 aromatic carbocycles. The Morgan fingerprint density at radius 2 is 1.81 bits per heavy atom. The summed E-state index contributed by atoms with van der Waals surface area (Å²) in [6.07, 6.45) is 4.26. The Labute approximate surface area is 185 Å². The van der Waals surface area contributed by atoms with Crippen LogP contribution in [0.1, 0.15) is 13.3 Å². The fourth-order valence-electron chi connectivity index (χ4n) is 3.46. The van der Waals surface area contributed by atoms with E-state index in [1.165, 1.54) is 18.9 Å². The minimum atomic E-state index is -0.337. The van der Waals surface area contributed by atoms with Gasteiger partial charge in [0.15, 0.2) is 0 Å². The number of ether oxygens (including phenoxy) is 2. The summed E-state index contributed by atoms with van der Waals surface area (Å²) >= 11 is 1.42. The van der Waals surface area contributed by atoms with Gasteiger partial charge >= 0.3 is 5.97 Å². The second kappa shape index (κ2) is 9.22. The second-order valence-corrected chi connectivity index (χ2v) is 8.08. The number of hydrogen-bond donors (Lipinski definition) is 0. The largest absolute Gasteiger partial charge is 0.497 e. The highest BCUT2D eigenvalue weighted by molar-refractivity contribution is 8.00. The lowest BCUT2D eigenvalue weighted by atomic mass is 10.1. The Kier molecular flexibility index (Phi) is 6.23. The van der Waals surface area contributed by atoms with Crippen LogP contribution >= 0.6 is 11.8 Å². The minimum Gasteiger partial charge on any atom is -0.497 e. The molecular formula is C24H23N3O3S. The maximum atomic E-state index is 12.2. The van der Waals surface area contributed by atoms with Crippen LogP contribution in [0.15, 0.2) is 72.1 Å². The molecule has 2 heterocycles. The van der Waals surface area contributed by atoms with Crippen LogP contribution in [0.5, 0.6) is 5.75 Å². The normalized spacial score (nSPS) is 12.0. The number of hydrogen-bond acceptors (Lipinski definition) is 6. The fraction of sp³-hybridized carbons (Fsp3) is 0.208. The number of fused-ring (bicyclic) bond motifs is 1. The predicted molar refractivity (Wildman–Crippen MR) is 123 cm³/mol. The maximum absolute atomic E-state index is 12.2. The van der Waals surface area contributed by atoms with Crippen molar-refractivity contribution in [3.05, 3.63) is 67.1 Å². The number of aromatic nitrogens is 3. The Morgan fingerprint density at radius 1 is 1.06 bits per heavy atom.